The van der Waals surface area contributed by atoms with E-state index in [0.29, 0.717) is 0 Å². The quantitative estimate of drug-likeness (QED) is 0.147. The predicted molar refractivity (Wildman–Crippen MR) is 181 cm³/mol. The Hall–Kier alpha value is -5.60. The first-order valence-corrected chi connectivity index (χ1v) is 14.8. The van der Waals surface area contributed by atoms with Gasteiger partial charge in [-0.15, -0.1) is 0 Å². The van der Waals surface area contributed by atoms with Crippen molar-refractivity contribution in [1.82, 2.24) is 0 Å². The molecule has 0 radical (unpaired) electrons. The molecule has 9 aromatic carbocycles. The minimum Gasteiger partial charge on any atom is -0.207 e. The lowest BCUT2D eigenvalue weighted by molar-refractivity contribution is 0.627. The minimum atomic E-state index is -0.237. The van der Waals surface area contributed by atoms with E-state index in [1.807, 2.05) is 24.3 Å². The monoisotopic (exact) mass is 566 g/mol. The maximum absolute atomic E-state index is 13.9. The van der Waals surface area contributed by atoms with Gasteiger partial charge in [-0.05, 0) is 136 Å². The smallest absolute Gasteiger partial charge is 0.123 e. The molecule has 0 saturated carbocycles. The van der Waals surface area contributed by atoms with Crippen LogP contribution in [-0.2, 0) is 0 Å². The molecule has 0 aromatic heterocycles. The summed E-state index contributed by atoms with van der Waals surface area (Å²) in [5.41, 5.74) is 6.57. The van der Waals surface area contributed by atoms with Gasteiger partial charge >= 0.3 is 0 Å². The molecule has 0 unspecified atom stereocenters. The number of hydrogen-bond donors (Lipinski definition) is 0. The Bertz CT molecular complexity index is 2420. The van der Waals surface area contributed by atoms with Gasteiger partial charge in [-0.25, -0.2) is 8.78 Å². The lowest BCUT2D eigenvalue weighted by atomic mass is 9.84. The molecule has 0 aliphatic carbocycles. The first-order valence-electron chi connectivity index (χ1n) is 14.8. The van der Waals surface area contributed by atoms with Crippen LogP contribution >= 0.6 is 0 Å². The second kappa shape index (κ2) is 9.45. The van der Waals surface area contributed by atoms with Crippen molar-refractivity contribution in [3.05, 3.63) is 157 Å². The van der Waals surface area contributed by atoms with Gasteiger partial charge in [0.15, 0.2) is 0 Å². The van der Waals surface area contributed by atoms with Crippen molar-refractivity contribution in [3.63, 3.8) is 0 Å². The van der Waals surface area contributed by atoms with Crippen LogP contribution in [0.4, 0.5) is 8.78 Å². The molecule has 0 amide bonds. The van der Waals surface area contributed by atoms with Crippen LogP contribution in [0.1, 0.15) is 0 Å². The Balaban J connectivity index is 1.31. The van der Waals surface area contributed by atoms with Gasteiger partial charge in [-0.1, -0.05) is 97.1 Å². The summed E-state index contributed by atoms with van der Waals surface area (Å²) >= 11 is 0. The zero-order chi connectivity index (χ0) is 29.4. The van der Waals surface area contributed by atoms with Gasteiger partial charge in [-0.3, -0.25) is 0 Å². The fourth-order valence-electron chi connectivity index (χ4n) is 7.16. The molecule has 0 spiro atoms. The molecule has 206 valence electrons. The maximum atomic E-state index is 13.9. The molecule has 0 atom stereocenters. The lowest BCUT2D eigenvalue weighted by Crippen LogP contribution is -1.92. The summed E-state index contributed by atoms with van der Waals surface area (Å²) in [5, 5.41) is 11.9. The van der Waals surface area contributed by atoms with E-state index in [-0.39, 0.29) is 11.6 Å². The van der Waals surface area contributed by atoms with E-state index < -0.39 is 0 Å². The van der Waals surface area contributed by atoms with Crippen LogP contribution in [0.2, 0.25) is 0 Å². The van der Waals surface area contributed by atoms with E-state index in [9.17, 15) is 8.78 Å². The molecule has 2 heteroatoms. The molecule has 0 heterocycles. The second-order valence-electron chi connectivity index (χ2n) is 11.6. The van der Waals surface area contributed by atoms with Gasteiger partial charge in [0.25, 0.3) is 0 Å². The topological polar surface area (TPSA) is 0 Å². The molecule has 0 saturated heterocycles. The molecule has 0 N–H and O–H groups in total. The van der Waals surface area contributed by atoms with Gasteiger partial charge < -0.3 is 0 Å². The summed E-state index contributed by atoms with van der Waals surface area (Å²) < 4.78 is 27.5. The van der Waals surface area contributed by atoms with Crippen LogP contribution in [0.3, 0.4) is 0 Å². The van der Waals surface area contributed by atoms with Crippen LogP contribution < -0.4 is 0 Å². The molecule has 0 nitrogen and oxygen atoms in total. The van der Waals surface area contributed by atoms with Gasteiger partial charge in [0.1, 0.15) is 11.6 Å². The van der Waals surface area contributed by atoms with Crippen LogP contribution in [0, 0.1) is 11.6 Å². The largest absolute Gasteiger partial charge is 0.207 e. The van der Waals surface area contributed by atoms with Crippen molar-refractivity contribution in [2.45, 2.75) is 0 Å². The van der Waals surface area contributed by atoms with E-state index in [0.717, 1.165) is 33.0 Å². The van der Waals surface area contributed by atoms with Crippen molar-refractivity contribution < 1.29 is 8.78 Å². The summed E-state index contributed by atoms with van der Waals surface area (Å²) in [6.45, 7) is 0. The Morgan fingerprint density at radius 1 is 0.295 bits per heavy atom. The molecule has 0 bridgehead atoms. The van der Waals surface area contributed by atoms with E-state index >= 15 is 0 Å². The normalized spacial score (nSPS) is 11.9. The zero-order valence-electron chi connectivity index (χ0n) is 23.6. The first kappa shape index (κ1) is 24.9. The van der Waals surface area contributed by atoms with E-state index in [2.05, 4.69) is 97.1 Å². The van der Waals surface area contributed by atoms with Gasteiger partial charge in [0.2, 0.25) is 0 Å². The van der Waals surface area contributed by atoms with Crippen molar-refractivity contribution >= 4 is 53.9 Å². The van der Waals surface area contributed by atoms with E-state index in [1.54, 1.807) is 0 Å². The summed E-state index contributed by atoms with van der Waals surface area (Å²) in [6, 6.07) is 48.5. The Kier molecular flexibility index (Phi) is 5.36. The van der Waals surface area contributed by atoms with Crippen LogP contribution in [-0.4, -0.2) is 0 Å². The SMILES string of the molecule is Fc1ccc(-c2cc3ccc4cc(-c5c6ccccc6c(-c6ccc(F)cc6)c6ccccc56)cc5ccc(c2)c3c45)cc1. The molecular formula is C42H24F2. The maximum Gasteiger partial charge on any atom is 0.123 e. The summed E-state index contributed by atoms with van der Waals surface area (Å²) in [7, 11) is 0. The summed E-state index contributed by atoms with van der Waals surface area (Å²) in [5.74, 6) is -0.465. The van der Waals surface area contributed by atoms with Crippen LogP contribution in [0.5, 0.6) is 0 Å². The Morgan fingerprint density at radius 2 is 0.636 bits per heavy atom. The number of fused-ring (bicyclic) bond motifs is 2. The Labute approximate surface area is 252 Å². The highest BCUT2D eigenvalue weighted by Crippen LogP contribution is 2.46. The average molecular weight is 567 g/mol. The second-order valence-corrected chi connectivity index (χ2v) is 11.6. The Morgan fingerprint density at radius 3 is 1.05 bits per heavy atom. The fourth-order valence-corrected chi connectivity index (χ4v) is 7.16. The molecule has 9 aromatic rings. The third kappa shape index (κ3) is 3.74. The third-order valence-corrected chi connectivity index (χ3v) is 9.06. The molecule has 0 aliphatic rings. The van der Waals surface area contributed by atoms with Crippen molar-refractivity contribution in [2.75, 3.05) is 0 Å². The number of halogens is 2. The van der Waals surface area contributed by atoms with Gasteiger partial charge in [0.05, 0.1) is 0 Å². The lowest BCUT2D eigenvalue weighted by Gasteiger charge is -2.19. The van der Waals surface area contributed by atoms with Crippen LogP contribution in [0.15, 0.2) is 146 Å². The van der Waals surface area contributed by atoms with Crippen LogP contribution in [0.25, 0.3) is 87.2 Å². The van der Waals surface area contributed by atoms with Crippen molar-refractivity contribution in [1.29, 1.82) is 0 Å². The molecule has 9 rings (SSSR count). The van der Waals surface area contributed by atoms with Crippen molar-refractivity contribution in [3.8, 4) is 33.4 Å². The highest BCUT2D eigenvalue weighted by atomic mass is 19.1. The van der Waals surface area contributed by atoms with Gasteiger partial charge in [-0.2, -0.15) is 0 Å². The van der Waals surface area contributed by atoms with E-state index in [1.165, 1.54) is 78.5 Å². The van der Waals surface area contributed by atoms with E-state index in [4.69, 9.17) is 0 Å². The number of benzene rings is 9. The summed E-state index contributed by atoms with van der Waals surface area (Å²) in [4.78, 5) is 0. The predicted octanol–water partition coefficient (Wildman–Crippen LogP) is 12.2. The summed E-state index contributed by atoms with van der Waals surface area (Å²) in [6.07, 6.45) is 0. The molecule has 44 heavy (non-hydrogen) atoms. The fraction of sp³-hybridized carbons (Fsp3) is 0. The minimum absolute atomic E-state index is 0.229. The highest BCUT2D eigenvalue weighted by molar-refractivity contribution is 6.26. The molecule has 0 fully saturated rings. The van der Waals surface area contributed by atoms with Gasteiger partial charge in [0, 0.05) is 0 Å². The zero-order valence-corrected chi connectivity index (χ0v) is 23.6. The third-order valence-electron chi connectivity index (χ3n) is 9.06. The van der Waals surface area contributed by atoms with Crippen molar-refractivity contribution in [2.24, 2.45) is 0 Å². The molecular weight excluding hydrogens is 542 g/mol. The first-order chi connectivity index (χ1) is 21.6. The highest BCUT2D eigenvalue weighted by Gasteiger charge is 2.18. The number of hydrogen-bond acceptors (Lipinski definition) is 0. The molecule has 0 aliphatic heterocycles. The number of rotatable bonds is 3. The standard InChI is InChI=1S/C42H24F2/c43-33-17-13-25(14-18-33)31-21-27-9-11-29-23-32(24-30-12-10-28(22-31)39(27)40(29)30)42-37-7-3-1-5-35(37)41(26-15-19-34(44)20-16-26)36-6-2-4-8-38(36)42/h1-24H. The average Bonchev–Trinajstić information content (AvgIpc) is 3.06.